The second kappa shape index (κ2) is 2.42. The van der Waals surface area contributed by atoms with Gasteiger partial charge in [0.2, 0.25) is 0 Å². The standard InChI is InChI=1S/C10H11N/c1-11-8-4-6-9-5-2-3-7-10(9)11/h2-8,10H,1H3. The number of likely N-dealkylation sites (N-methyl/N-ethyl adjacent to an activating group) is 1. The van der Waals surface area contributed by atoms with Crippen molar-refractivity contribution < 1.29 is 0 Å². The van der Waals surface area contributed by atoms with E-state index in [0.29, 0.717) is 6.04 Å². The average molecular weight is 145 g/mol. The molecule has 0 radical (unpaired) electrons. The molecule has 1 unspecified atom stereocenters. The topological polar surface area (TPSA) is 3.24 Å². The van der Waals surface area contributed by atoms with Crippen molar-refractivity contribution in [3.8, 4) is 0 Å². The van der Waals surface area contributed by atoms with Gasteiger partial charge in [0.1, 0.15) is 0 Å². The highest BCUT2D eigenvalue weighted by Gasteiger charge is 2.15. The highest BCUT2D eigenvalue weighted by Crippen LogP contribution is 2.19. The zero-order valence-electron chi connectivity index (χ0n) is 6.57. The monoisotopic (exact) mass is 145 g/mol. The largest absolute Gasteiger partial charge is 0.370 e. The van der Waals surface area contributed by atoms with Crippen LogP contribution in [-0.4, -0.2) is 18.0 Å². The molecule has 56 valence electrons. The van der Waals surface area contributed by atoms with Gasteiger partial charge in [-0.05, 0) is 17.8 Å². The summed E-state index contributed by atoms with van der Waals surface area (Å²) in [7, 11) is 2.09. The van der Waals surface area contributed by atoms with Crippen molar-refractivity contribution in [2.75, 3.05) is 7.05 Å². The molecular weight excluding hydrogens is 134 g/mol. The summed E-state index contributed by atoms with van der Waals surface area (Å²) < 4.78 is 0. The van der Waals surface area contributed by atoms with E-state index in [1.807, 2.05) is 0 Å². The van der Waals surface area contributed by atoms with Gasteiger partial charge in [0.25, 0.3) is 0 Å². The Bertz CT molecular complexity index is 269. The third kappa shape index (κ3) is 1.03. The van der Waals surface area contributed by atoms with Crippen LogP contribution in [0.1, 0.15) is 0 Å². The van der Waals surface area contributed by atoms with Crippen LogP contribution >= 0.6 is 0 Å². The van der Waals surface area contributed by atoms with E-state index in [-0.39, 0.29) is 0 Å². The molecule has 1 nitrogen and oxygen atoms in total. The first-order valence-electron chi connectivity index (χ1n) is 3.83. The van der Waals surface area contributed by atoms with Gasteiger partial charge in [0.15, 0.2) is 0 Å². The molecule has 2 aliphatic rings. The Labute approximate surface area is 67.0 Å². The van der Waals surface area contributed by atoms with Crippen LogP contribution in [0, 0.1) is 0 Å². The molecule has 1 aliphatic heterocycles. The Morgan fingerprint density at radius 1 is 1.27 bits per heavy atom. The molecule has 1 heteroatoms. The molecule has 0 spiro atoms. The third-order valence-electron chi connectivity index (χ3n) is 2.08. The molecule has 0 amide bonds. The van der Waals surface area contributed by atoms with Crippen LogP contribution in [0.25, 0.3) is 0 Å². The van der Waals surface area contributed by atoms with Gasteiger partial charge in [-0.1, -0.05) is 30.4 Å². The SMILES string of the molecule is CN1C=CC=C2C=CC=CC21. The van der Waals surface area contributed by atoms with Crippen LogP contribution in [0.4, 0.5) is 0 Å². The zero-order chi connectivity index (χ0) is 7.68. The first-order valence-corrected chi connectivity index (χ1v) is 3.83. The molecule has 0 bridgehead atoms. The minimum atomic E-state index is 0.463. The summed E-state index contributed by atoms with van der Waals surface area (Å²) in [5, 5.41) is 0. The van der Waals surface area contributed by atoms with E-state index in [2.05, 4.69) is 54.6 Å². The van der Waals surface area contributed by atoms with Gasteiger partial charge in [-0.15, -0.1) is 0 Å². The summed E-state index contributed by atoms with van der Waals surface area (Å²) >= 11 is 0. The number of allylic oxidation sites excluding steroid dienone is 4. The summed E-state index contributed by atoms with van der Waals surface area (Å²) in [6.45, 7) is 0. The van der Waals surface area contributed by atoms with Gasteiger partial charge in [-0.3, -0.25) is 0 Å². The molecule has 0 saturated carbocycles. The lowest BCUT2D eigenvalue weighted by Crippen LogP contribution is -2.28. The van der Waals surface area contributed by atoms with E-state index in [4.69, 9.17) is 0 Å². The summed E-state index contributed by atoms with van der Waals surface area (Å²) in [5.74, 6) is 0. The van der Waals surface area contributed by atoms with E-state index < -0.39 is 0 Å². The van der Waals surface area contributed by atoms with Gasteiger partial charge in [0, 0.05) is 7.05 Å². The molecule has 1 aliphatic carbocycles. The van der Waals surface area contributed by atoms with Gasteiger partial charge >= 0.3 is 0 Å². The fourth-order valence-corrected chi connectivity index (χ4v) is 1.45. The van der Waals surface area contributed by atoms with Crippen LogP contribution < -0.4 is 0 Å². The van der Waals surface area contributed by atoms with E-state index in [0.717, 1.165) is 0 Å². The van der Waals surface area contributed by atoms with E-state index in [1.165, 1.54) is 5.57 Å². The number of rotatable bonds is 0. The Balaban J connectivity index is 2.35. The number of hydrogen-bond acceptors (Lipinski definition) is 1. The number of nitrogens with zero attached hydrogens (tertiary/aromatic N) is 1. The van der Waals surface area contributed by atoms with Gasteiger partial charge in [0.05, 0.1) is 6.04 Å². The lowest BCUT2D eigenvalue weighted by Gasteiger charge is -2.29. The average Bonchev–Trinajstić information content (AvgIpc) is 2.06. The van der Waals surface area contributed by atoms with Crippen molar-refractivity contribution in [2.45, 2.75) is 6.04 Å². The van der Waals surface area contributed by atoms with Crippen molar-refractivity contribution in [1.29, 1.82) is 0 Å². The van der Waals surface area contributed by atoms with Crippen molar-refractivity contribution in [3.63, 3.8) is 0 Å². The molecule has 0 N–H and O–H groups in total. The van der Waals surface area contributed by atoms with Gasteiger partial charge in [-0.2, -0.15) is 0 Å². The molecule has 0 fully saturated rings. The van der Waals surface area contributed by atoms with E-state index >= 15 is 0 Å². The predicted octanol–water partition coefficient (Wildman–Crippen LogP) is 1.87. The fourth-order valence-electron chi connectivity index (χ4n) is 1.45. The molecule has 11 heavy (non-hydrogen) atoms. The Morgan fingerprint density at radius 3 is 3.00 bits per heavy atom. The first kappa shape index (κ1) is 6.47. The molecule has 1 atom stereocenters. The number of hydrogen-bond donors (Lipinski definition) is 0. The summed E-state index contributed by atoms with van der Waals surface area (Å²) in [6.07, 6.45) is 14.9. The molecule has 0 aromatic heterocycles. The van der Waals surface area contributed by atoms with Crippen LogP contribution in [0.5, 0.6) is 0 Å². The Morgan fingerprint density at radius 2 is 2.18 bits per heavy atom. The lowest BCUT2D eigenvalue weighted by molar-refractivity contribution is 0.421. The maximum absolute atomic E-state index is 2.20. The highest BCUT2D eigenvalue weighted by atomic mass is 15.1. The fraction of sp³-hybridized carbons (Fsp3) is 0.200. The van der Waals surface area contributed by atoms with Crippen LogP contribution in [0.3, 0.4) is 0 Å². The summed E-state index contributed by atoms with van der Waals surface area (Å²) in [5.41, 5.74) is 1.37. The van der Waals surface area contributed by atoms with Crippen LogP contribution in [0.15, 0.2) is 48.2 Å². The quantitative estimate of drug-likeness (QED) is 0.503. The van der Waals surface area contributed by atoms with E-state index in [9.17, 15) is 0 Å². The third-order valence-corrected chi connectivity index (χ3v) is 2.08. The minimum Gasteiger partial charge on any atom is -0.370 e. The molecular formula is C10H11N. The zero-order valence-corrected chi connectivity index (χ0v) is 6.57. The van der Waals surface area contributed by atoms with Crippen molar-refractivity contribution in [3.05, 3.63) is 48.2 Å². The second-order valence-corrected chi connectivity index (χ2v) is 2.86. The maximum atomic E-state index is 2.20. The van der Waals surface area contributed by atoms with Crippen LogP contribution in [0.2, 0.25) is 0 Å². The molecule has 0 aromatic carbocycles. The van der Waals surface area contributed by atoms with Crippen LogP contribution in [-0.2, 0) is 0 Å². The Kier molecular flexibility index (Phi) is 1.42. The summed E-state index contributed by atoms with van der Waals surface area (Å²) in [4.78, 5) is 2.20. The van der Waals surface area contributed by atoms with Crippen molar-refractivity contribution in [1.82, 2.24) is 4.90 Å². The molecule has 0 saturated heterocycles. The van der Waals surface area contributed by atoms with Gasteiger partial charge < -0.3 is 4.90 Å². The first-order chi connectivity index (χ1) is 5.38. The molecule has 2 rings (SSSR count). The Hall–Kier alpha value is -1.24. The minimum absolute atomic E-state index is 0.463. The van der Waals surface area contributed by atoms with E-state index in [1.54, 1.807) is 0 Å². The molecule has 1 heterocycles. The van der Waals surface area contributed by atoms with Crippen molar-refractivity contribution in [2.24, 2.45) is 0 Å². The second-order valence-electron chi connectivity index (χ2n) is 2.86. The van der Waals surface area contributed by atoms with Crippen molar-refractivity contribution >= 4 is 0 Å². The molecule has 0 aromatic rings. The number of fused-ring (bicyclic) bond motifs is 1. The maximum Gasteiger partial charge on any atom is 0.0720 e. The smallest absolute Gasteiger partial charge is 0.0720 e. The predicted molar refractivity (Wildman–Crippen MR) is 47.1 cm³/mol. The lowest BCUT2D eigenvalue weighted by atomic mass is 9.99. The summed E-state index contributed by atoms with van der Waals surface area (Å²) in [6, 6.07) is 0.463. The highest BCUT2D eigenvalue weighted by molar-refractivity contribution is 5.40. The normalized spacial score (nSPS) is 26.8. The van der Waals surface area contributed by atoms with Gasteiger partial charge in [-0.25, -0.2) is 0 Å².